The Balaban J connectivity index is 1.59. The lowest BCUT2D eigenvalue weighted by Gasteiger charge is -2.18. The molecule has 0 aliphatic carbocycles. The second kappa shape index (κ2) is 7.53. The lowest BCUT2D eigenvalue weighted by molar-refractivity contribution is -0.384. The number of ether oxygens (including phenoxy) is 1. The van der Waals surface area contributed by atoms with Gasteiger partial charge < -0.3 is 14.6 Å². The Bertz CT molecular complexity index is 978. The molecule has 1 atom stereocenters. The summed E-state index contributed by atoms with van der Waals surface area (Å²) in [6, 6.07) is 9.96. The summed E-state index contributed by atoms with van der Waals surface area (Å²) in [7, 11) is 0. The fraction of sp³-hybridized carbons (Fsp3) is 0.263. The normalized spacial score (nSPS) is 20.8. The zero-order valence-corrected chi connectivity index (χ0v) is 15.7. The SMILES string of the molecule is O=C1/C(=C\c2cccn2-c2cccc([N+](=O)[O-])c2)NC(=S)N1CC1CCCO1. The van der Waals surface area contributed by atoms with Crippen molar-refractivity contribution in [2.45, 2.75) is 18.9 Å². The summed E-state index contributed by atoms with van der Waals surface area (Å²) in [6.45, 7) is 1.15. The Hall–Kier alpha value is -3.04. The van der Waals surface area contributed by atoms with Crippen molar-refractivity contribution in [3.8, 4) is 5.69 Å². The number of thiocarbonyl (C=S) groups is 1. The zero-order chi connectivity index (χ0) is 19.7. The fourth-order valence-electron chi connectivity index (χ4n) is 3.38. The quantitative estimate of drug-likeness (QED) is 0.360. The lowest BCUT2D eigenvalue weighted by atomic mass is 10.2. The van der Waals surface area contributed by atoms with Crippen LogP contribution >= 0.6 is 12.2 Å². The molecule has 2 saturated heterocycles. The molecule has 1 amide bonds. The molecule has 2 aliphatic rings. The molecular formula is C19H18N4O4S. The third-order valence-electron chi connectivity index (χ3n) is 4.76. The topological polar surface area (TPSA) is 89.6 Å². The highest BCUT2D eigenvalue weighted by atomic mass is 32.1. The van der Waals surface area contributed by atoms with E-state index in [4.69, 9.17) is 17.0 Å². The van der Waals surface area contributed by atoms with E-state index in [0.29, 0.717) is 35.3 Å². The molecule has 0 saturated carbocycles. The van der Waals surface area contributed by atoms with Crippen LogP contribution in [0.5, 0.6) is 0 Å². The number of hydrogen-bond acceptors (Lipinski definition) is 5. The summed E-state index contributed by atoms with van der Waals surface area (Å²) in [5.41, 5.74) is 1.71. The number of nitro groups is 1. The van der Waals surface area contributed by atoms with Crippen LogP contribution in [0.4, 0.5) is 5.69 Å². The monoisotopic (exact) mass is 398 g/mol. The molecule has 2 aliphatic heterocycles. The van der Waals surface area contributed by atoms with Crippen molar-refractivity contribution >= 4 is 35.0 Å². The molecule has 9 heteroatoms. The van der Waals surface area contributed by atoms with E-state index in [-0.39, 0.29) is 17.7 Å². The second-order valence-electron chi connectivity index (χ2n) is 6.62. The van der Waals surface area contributed by atoms with Gasteiger partial charge in [-0.25, -0.2) is 0 Å². The molecule has 8 nitrogen and oxygen atoms in total. The van der Waals surface area contributed by atoms with Gasteiger partial charge in [-0.15, -0.1) is 0 Å². The number of hydrogen-bond donors (Lipinski definition) is 1. The van der Waals surface area contributed by atoms with E-state index >= 15 is 0 Å². The molecule has 1 aromatic heterocycles. The molecule has 0 bridgehead atoms. The number of nitrogens with one attached hydrogen (secondary N) is 1. The van der Waals surface area contributed by atoms with Gasteiger partial charge >= 0.3 is 0 Å². The average molecular weight is 398 g/mol. The number of nitrogens with zero attached hydrogens (tertiary/aromatic N) is 3. The van der Waals surface area contributed by atoms with Crippen LogP contribution < -0.4 is 5.32 Å². The highest BCUT2D eigenvalue weighted by Crippen LogP contribution is 2.22. The Labute approximate surface area is 166 Å². The molecule has 4 rings (SSSR count). The predicted octanol–water partition coefficient (Wildman–Crippen LogP) is 2.62. The summed E-state index contributed by atoms with van der Waals surface area (Å²) >= 11 is 5.31. The van der Waals surface area contributed by atoms with Crippen molar-refractivity contribution < 1.29 is 14.5 Å². The van der Waals surface area contributed by atoms with Crippen LogP contribution in [0.3, 0.4) is 0 Å². The molecule has 144 valence electrons. The summed E-state index contributed by atoms with van der Waals surface area (Å²) in [5, 5.41) is 14.4. The van der Waals surface area contributed by atoms with Gasteiger partial charge in [-0.05, 0) is 49.3 Å². The third-order valence-corrected chi connectivity index (χ3v) is 5.09. The highest BCUT2D eigenvalue weighted by molar-refractivity contribution is 7.80. The van der Waals surface area contributed by atoms with Crippen molar-refractivity contribution in [1.29, 1.82) is 0 Å². The number of amides is 1. The number of nitro benzene ring substituents is 1. The second-order valence-corrected chi connectivity index (χ2v) is 7.01. The highest BCUT2D eigenvalue weighted by Gasteiger charge is 2.33. The summed E-state index contributed by atoms with van der Waals surface area (Å²) in [5.74, 6) is -0.202. The van der Waals surface area contributed by atoms with Gasteiger partial charge in [-0.1, -0.05) is 6.07 Å². The Kier molecular flexibility index (Phi) is 4.93. The minimum Gasteiger partial charge on any atom is -0.376 e. The fourth-order valence-corrected chi connectivity index (χ4v) is 3.65. The maximum absolute atomic E-state index is 12.8. The smallest absolute Gasteiger partial charge is 0.276 e. The van der Waals surface area contributed by atoms with E-state index in [1.807, 2.05) is 12.1 Å². The minimum atomic E-state index is -0.436. The number of rotatable bonds is 5. The van der Waals surface area contributed by atoms with E-state index in [9.17, 15) is 14.9 Å². The molecule has 3 heterocycles. The Morgan fingerprint density at radius 1 is 1.36 bits per heavy atom. The standard InChI is InChI=1S/C19H18N4O4S/c24-18-17(20-19(28)22(18)12-16-7-3-9-27-16)11-14-6-2-8-21(14)13-4-1-5-15(10-13)23(25)26/h1-2,4-6,8,10-11,16H,3,7,9,12H2,(H,20,28)/b17-11+. The number of non-ortho nitro benzene ring substituents is 1. The summed E-state index contributed by atoms with van der Waals surface area (Å²) < 4.78 is 7.38. The van der Waals surface area contributed by atoms with Gasteiger partial charge in [0.25, 0.3) is 11.6 Å². The number of aromatic nitrogens is 1. The van der Waals surface area contributed by atoms with Gasteiger partial charge in [0, 0.05) is 30.6 Å². The summed E-state index contributed by atoms with van der Waals surface area (Å²) in [4.78, 5) is 24.9. The summed E-state index contributed by atoms with van der Waals surface area (Å²) in [6.07, 6.45) is 5.40. The van der Waals surface area contributed by atoms with Crippen molar-refractivity contribution in [3.05, 3.63) is 64.1 Å². The van der Waals surface area contributed by atoms with Crippen LogP contribution in [-0.4, -0.2) is 44.7 Å². The molecule has 28 heavy (non-hydrogen) atoms. The molecule has 1 aromatic carbocycles. The van der Waals surface area contributed by atoms with Crippen LogP contribution in [0, 0.1) is 10.1 Å². The molecule has 2 fully saturated rings. The van der Waals surface area contributed by atoms with E-state index in [2.05, 4.69) is 5.32 Å². The van der Waals surface area contributed by atoms with Crippen LogP contribution in [0.25, 0.3) is 11.8 Å². The maximum atomic E-state index is 12.8. The first-order valence-corrected chi connectivity index (χ1v) is 9.32. The van der Waals surface area contributed by atoms with Crippen molar-refractivity contribution in [3.63, 3.8) is 0 Å². The van der Waals surface area contributed by atoms with E-state index in [0.717, 1.165) is 12.8 Å². The number of benzene rings is 1. The third kappa shape index (κ3) is 3.54. The van der Waals surface area contributed by atoms with Crippen molar-refractivity contribution in [1.82, 2.24) is 14.8 Å². The largest absolute Gasteiger partial charge is 0.376 e. The van der Waals surface area contributed by atoms with E-state index in [1.165, 1.54) is 17.0 Å². The van der Waals surface area contributed by atoms with Gasteiger partial charge in [0.05, 0.1) is 23.3 Å². The molecular weight excluding hydrogens is 380 g/mol. The van der Waals surface area contributed by atoms with Crippen LogP contribution in [-0.2, 0) is 9.53 Å². The van der Waals surface area contributed by atoms with Gasteiger partial charge in [0.1, 0.15) is 5.70 Å². The predicted molar refractivity (Wildman–Crippen MR) is 107 cm³/mol. The van der Waals surface area contributed by atoms with Gasteiger partial charge in [-0.3, -0.25) is 19.8 Å². The molecule has 0 spiro atoms. The van der Waals surface area contributed by atoms with Crippen LogP contribution in [0.1, 0.15) is 18.5 Å². The first-order chi connectivity index (χ1) is 13.5. The van der Waals surface area contributed by atoms with Gasteiger partial charge in [-0.2, -0.15) is 0 Å². The zero-order valence-electron chi connectivity index (χ0n) is 14.9. The van der Waals surface area contributed by atoms with E-state index < -0.39 is 4.92 Å². The number of carbonyl (C=O) groups is 1. The first-order valence-electron chi connectivity index (χ1n) is 8.91. The molecule has 1 unspecified atom stereocenters. The van der Waals surface area contributed by atoms with E-state index in [1.54, 1.807) is 29.0 Å². The molecule has 0 radical (unpaired) electrons. The van der Waals surface area contributed by atoms with Gasteiger partial charge in [0.15, 0.2) is 5.11 Å². The van der Waals surface area contributed by atoms with Crippen molar-refractivity contribution in [2.75, 3.05) is 13.2 Å². The number of carbonyl (C=O) groups excluding carboxylic acids is 1. The van der Waals surface area contributed by atoms with Gasteiger partial charge in [0.2, 0.25) is 0 Å². The maximum Gasteiger partial charge on any atom is 0.276 e. The Morgan fingerprint density at radius 3 is 2.96 bits per heavy atom. The molecule has 1 N–H and O–H groups in total. The van der Waals surface area contributed by atoms with Crippen LogP contribution in [0.2, 0.25) is 0 Å². The lowest BCUT2D eigenvalue weighted by Crippen LogP contribution is -2.37. The molecule has 2 aromatic rings. The van der Waals surface area contributed by atoms with Crippen molar-refractivity contribution in [2.24, 2.45) is 0 Å². The average Bonchev–Trinajstić information content (AvgIpc) is 3.41. The minimum absolute atomic E-state index is 0.00351. The first kappa shape index (κ1) is 18.3. The van der Waals surface area contributed by atoms with Crippen LogP contribution in [0.15, 0.2) is 48.3 Å². The Morgan fingerprint density at radius 2 is 2.21 bits per heavy atom.